The van der Waals surface area contributed by atoms with Crippen LogP contribution in [0.15, 0.2) is 0 Å². The summed E-state index contributed by atoms with van der Waals surface area (Å²) >= 11 is 0. The molecule has 5 heteroatoms. The van der Waals surface area contributed by atoms with Crippen molar-refractivity contribution in [3.8, 4) is 0 Å². The molecule has 4 fully saturated rings. The first-order valence-electron chi connectivity index (χ1n) is 9.86. The van der Waals surface area contributed by atoms with E-state index in [1.165, 1.54) is 0 Å². The molecule has 5 nitrogen and oxygen atoms in total. The zero-order valence-electron chi connectivity index (χ0n) is 16.1. The van der Waals surface area contributed by atoms with Gasteiger partial charge in [-0.3, -0.25) is 0 Å². The van der Waals surface area contributed by atoms with Crippen LogP contribution >= 0.6 is 0 Å². The van der Waals surface area contributed by atoms with Gasteiger partial charge >= 0.3 is 0 Å². The Balaban J connectivity index is 1.97. The second kappa shape index (κ2) is 4.99. The van der Waals surface area contributed by atoms with E-state index in [0.29, 0.717) is 13.0 Å². The first-order valence-corrected chi connectivity index (χ1v) is 9.86. The van der Waals surface area contributed by atoms with Gasteiger partial charge in [-0.1, -0.05) is 34.6 Å². The lowest BCUT2D eigenvalue weighted by Gasteiger charge is -2.61. The molecule has 0 radical (unpaired) electrons. The lowest BCUT2D eigenvalue weighted by Crippen LogP contribution is -2.73. The van der Waals surface area contributed by atoms with Crippen LogP contribution in [0.25, 0.3) is 0 Å². The van der Waals surface area contributed by atoms with Crippen LogP contribution in [0.4, 0.5) is 0 Å². The van der Waals surface area contributed by atoms with E-state index in [1.54, 1.807) is 0 Å². The van der Waals surface area contributed by atoms with Gasteiger partial charge in [0.15, 0.2) is 0 Å². The average Bonchev–Trinajstić information content (AvgIpc) is 3.02. The van der Waals surface area contributed by atoms with Crippen molar-refractivity contribution in [2.24, 2.45) is 40.4 Å². The van der Waals surface area contributed by atoms with E-state index in [0.717, 1.165) is 6.42 Å². The van der Waals surface area contributed by atoms with Gasteiger partial charge in [-0.2, -0.15) is 0 Å². The molecule has 4 rings (SSSR count). The Bertz CT molecular complexity index is 580. The van der Waals surface area contributed by atoms with Crippen molar-refractivity contribution in [1.29, 1.82) is 0 Å². The maximum absolute atomic E-state index is 12.1. The molecular formula is C20H34O5. The molecule has 0 aromatic heterocycles. The van der Waals surface area contributed by atoms with Gasteiger partial charge in [-0.15, -0.1) is 0 Å². The van der Waals surface area contributed by atoms with Crippen molar-refractivity contribution in [2.45, 2.75) is 70.9 Å². The number of hydrogen-bond donors (Lipinski definition) is 4. The van der Waals surface area contributed by atoms with E-state index in [4.69, 9.17) is 4.74 Å². The summed E-state index contributed by atoms with van der Waals surface area (Å²) in [6, 6.07) is 0. The maximum atomic E-state index is 12.1. The third-order valence-corrected chi connectivity index (χ3v) is 9.02. The van der Waals surface area contributed by atoms with Crippen molar-refractivity contribution in [1.82, 2.24) is 0 Å². The number of aliphatic hydroxyl groups excluding tert-OH is 2. The fraction of sp³-hybridized carbons (Fsp3) is 1.00. The standard InChI is InChI=1S/C20H34O5/c1-10(2)12-14(22)15-17(4,8-21)19(23)7-6-11(3)13(19)16-20(15,24)18(12,5)9-25-16/h10-16,21-24H,6-9H2,1-5H3/t11-,12-,13+,14+,15+,16-,17?,18+,19-,20-/m1/s1. The van der Waals surface area contributed by atoms with Gasteiger partial charge in [0, 0.05) is 22.7 Å². The Kier molecular flexibility index (Phi) is 3.63. The van der Waals surface area contributed by atoms with Crippen LogP contribution in [0.2, 0.25) is 0 Å². The van der Waals surface area contributed by atoms with Gasteiger partial charge < -0.3 is 25.2 Å². The Labute approximate surface area is 150 Å². The zero-order valence-corrected chi connectivity index (χ0v) is 16.1. The van der Waals surface area contributed by atoms with Crippen molar-refractivity contribution in [3.63, 3.8) is 0 Å². The fourth-order valence-corrected chi connectivity index (χ4v) is 7.92. The molecule has 10 atom stereocenters. The normalized spacial score (nSPS) is 63.1. The summed E-state index contributed by atoms with van der Waals surface area (Å²) in [5.74, 6) is -0.557. The van der Waals surface area contributed by atoms with Crippen molar-refractivity contribution < 1.29 is 25.2 Å². The van der Waals surface area contributed by atoms with Crippen molar-refractivity contribution in [2.75, 3.05) is 13.2 Å². The predicted molar refractivity (Wildman–Crippen MR) is 92.7 cm³/mol. The van der Waals surface area contributed by atoms with Crippen LogP contribution in [0, 0.1) is 40.4 Å². The predicted octanol–water partition coefficient (Wildman–Crippen LogP) is 1.17. The highest BCUT2D eigenvalue weighted by molar-refractivity contribution is 5.32. The summed E-state index contributed by atoms with van der Waals surface area (Å²) in [4.78, 5) is 0. The highest BCUT2D eigenvalue weighted by atomic mass is 16.5. The van der Waals surface area contributed by atoms with Crippen molar-refractivity contribution in [3.05, 3.63) is 0 Å². The van der Waals surface area contributed by atoms with Crippen LogP contribution in [0.5, 0.6) is 0 Å². The van der Waals surface area contributed by atoms with Crippen LogP contribution in [-0.4, -0.2) is 57.0 Å². The molecule has 0 amide bonds. The zero-order chi connectivity index (χ0) is 18.6. The number of aliphatic hydroxyl groups is 4. The Morgan fingerprint density at radius 1 is 1.20 bits per heavy atom. The first kappa shape index (κ1) is 18.2. The van der Waals surface area contributed by atoms with E-state index in [-0.39, 0.29) is 30.3 Å². The minimum Gasteiger partial charge on any atom is -0.396 e. The molecule has 0 aromatic rings. The molecule has 4 N–H and O–H groups in total. The van der Waals surface area contributed by atoms with Crippen LogP contribution < -0.4 is 0 Å². The molecule has 0 spiro atoms. The molecule has 144 valence electrons. The van der Waals surface area contributed by atoms with Crippen LogP contribution in [0.1, 0.15) is 47.5 Å². The third-order valence-electron chi connectivity index (χ3n) is 9.02. The monoisotopic (exact) mass is 354 g/mol. The molecular weight excluding hydrogens is 320 g/mol. The Morgan fingerprint density at radius 3 is 2.40 bits per heavy atom. The summed E-state index contributed by atoms with van der Waals surface area (Å²) in [6.07, 6.45) is 0.181. The van der Waals surface area contributed by atoms with E-state index in [1.807, 2.05) is 13.8 Å². The van der Waals surface area contributed by atoms with E-state index in [9.17, 15) is 20.4 Å². The first-order chi connectivity index (χ1) is 11.5. The minimum atomic E-state index is -1.23. The average molecular weight is 354 g/mol. The van der Waals surface area contributed by atoms with Gasteiger partial charge in [-0.05, 0) is 30.6 Å². The van der Waals surface area contributed by atoms with Gasteiger partial charge in [0.1, 0.15) is 5.60 Å². The van der Waals surface area contributed by atoms with Gasteiger partial charge in [0.25, 0.3) is 0 Å². The number of ether oxygens (including phenoxy) is 1. The molecule has 3 saturated carbocycles. The molecule has 0 aromatic carbocycles. The van der Waals surface area contributed by atoms with Gasteiger partial charge in [-0.25, -0.2) is 0 Å². The smallest absolute Gasteiger partial charge is 0.105 e. The minimum absolute atomic E-state index is 0.129. The third kappa shape index (κ3) is 1.65. The molecule has 1 heterocycles. The molecule has 1 unspecified atom stereocenters. The van der Waals surface area contributed by atoms with Crippen molar-refractivity contribution >= 4 is 0 Å². The Morgan fingerprint density at radius 2 is 1.84 bits per heavy atom. The lowest BCUT2D eigenvalue weighted by molar-refractivity contribution is -0.285. The van der Waals surface area contributed by atoms with E-state index in [2.05, 4.69) is 20.8 Å². The number of rotatable bonds is 2. The molecule has 25 heavy (non-hydrogen) atoms. The fourth-order valence-electron chi connectivity index (χ4n) is 7.92. The summed E-state index contributed by atoms with van der Waals surface area (Å²) in [6.45, 7) is 10.3. The molecule has 1 saturated heterocycles. The van der Waals surface area contributed by atoms with E-state index >= 15 is 0 Å². The van der Waals surface area contributed by atoms with Gasteiger partial charge in [0.2, 0.25) is 0 Å². The second-order valence-corrected chi connectivity index (χ2v) is 10.3. The van der Waals surface area contributed by atoms with Gasteiger partial charge in [0.05, 0.1) is 31.0 Å². The van der Waals surface area contributed by atoms with E-state index < -0.39 is 40.2 Å². The summed E-state index contributed by atoms with van der Waals surface area (Å²) in [5, 5.41) is 45.6. The second-order valence-electron chi connectivity index (χ2n) is 10.3. The highest BCUT2D eigenvalue weighted by Crippen LogP contribution is 2.74. The summed E-state index contributed by atoms with van der Waals surface area (Å²) in [7, 11) is 0. The molecule has 3 aliphatic carbocycles. The Hall–Kier alpha value is -0.200. The number of hydrogen-bond acceptors (Lipinski definition) is 5. The quantitative estimate of drug-likeness (QED) is 0.598. The molecule has 0 bridgehead atoms. The molecule has 4 aliphatic rings. The summed E-state index contributed by atoms with van der Waals surface area (Å²) in [5.41, 5.74) is -3.88. The van der Waals surface area contributed by atoms with Crippen LogP contribution in [0.3, 0.4) is 0 Å². The highest BCUT2D eigenvalue weighted by Gasteiger charge is 2.84. The lowest BCUT2D eigenvalue weighted by atomic mass is 9.47. The molecule has 1 aliphatic heterocycles. The largest absolute Gasteiger partial charge is 0.396 e. The van der Waals surface area contributed by atoms with Crippen LogP contribution in [-0.2, 0) is 4.74 Å². The maximum Gasteiger partial charge on any atom is 0.105 e. The number of fused-ring (bicyclic) bond motifs is 2. The SMILES string of the molecule is CC(C)[C@@H]1[C@H](O)[C@H]2C(C)(CO)[C@@]3(O)CC[C@@H](C)[C@H]3[C@H]3OC[C@]1(C)[C@]32O. The topological polar surface area (TPSA) is 90.2 Å². The summed E-state index contributed by atoms with van der Waals surface area (Å²) < 4.78 is 6.21.